The standard InChI is InChI=1S/C14H21N3O3S/c1-21-8-7-11(17-14(15)20)13(19)16-9-12(18)10-5-3-2-4-6-10/h2-6,11-12,18H,7-9H2,1H3,(H,16,19)(H3,15,17,20). The number of carbonyl (C=O) groups excluding carboxylic acids is 2. The molecule has 0 radical (unpaired) electrons. The van der Waals surface area contributed by atoms with Gasteiger partial charge in [0, 0.05) is 6.54 Å². The van der Waals surface area contributed by atoms with Crippen LogP contribution in [0.2, 0.25) is 0 Å². The fourth-order valence-corrected chi connectivity index (χ4v) is 2.26. The molecule has 0 aliphatic carbocycles. The van der Waals surface area contributed by atoms with Crippen LogP contribution in [0.4, 0.5) is 4.79 Å². The normalized spacial score (nSPS) is 13.2. The Morgan fingerprint density at radius 1 is 1.33 bits per heavy atom. The molecule has 3 amide bonds. The molecule has 0 heterocycles. The quantitative estimate of drug-likeness (QED) is 0.565. The molecule has 0 aromatic heterocycles. The molecule has 0 aliphatic heterocycles. The van der Waals surface area contributed by atoms with Gasteiger partial charge in [0.25, 0.3) is 0 Å². The van der Waals surface area contributed by atoms with Gasteiger partial charge in [-0.25, -0.2) is 4.79 Å². The predicted molar refractivity (Wildman–Crippen MR) is 83.9 cm³/mol. The van der Waals surface area contributed by atoms with E-state index in [1.165, 1.54) is 0 Å². The van der Waals surface area contributed by atoms with Gasteiger partial charge in [-0.05, 0) is 24.0 Å². The molecule has 5 N–H and O–H groups in total. The Morgan fingerprint density at radius 2 is 2.00 bits per heavy atom. The largest absolute Gasteiger partial charge is 0.387 e. The number of rotatable bonds is 8. The van der Waals surface area contributed by atoms with Crippen molar-refractivity contribution in [2.75, 3.05) is 18.6 Å². The first-order valence-corrected chi connectivity index (χ1v) is 7.99. The molecule has 1 rings (SSSR count). The van der Waals surface area contributed by atoms with E-state index in [9.17, 15) is 14.7 Å². The minimum atomic E-state index is -0.787. The maximum absolute atomic E-state index is 12.0. The average molecular weight is 311 g/mol. The van der Waals surface area contributed by atoms with Crippen molar-refractivity contribution in [3.05, 3.63) is 35.9 Å². The van der Waals surface area contributed by atoms with E-state index in [0.717, 1.165) is 11.3 Å². The predicted octanol–water partition coefficient (Wildman–Crippen LogP) is 0.626. The van der Waals surface area contributed by atoms with Crippen LogP contribution < -0.4 is 16.4 Å². The Hall–Kier alpha value is -1.73. The number of benzene rings is 1. The van der Waals surface area contributed by atoms with Crippen LogP contribution in [0, 0.1) is 0 Å². The number of primary amides is 1. The second-order valence-corrected chi connectivity index (χ2v) is 5.50. The number of aliphatic hydroxyl groups is 1. The Kier molecular flexibility index (Phi) is 7.63. The van der Waals surface area contributed by atoms with Gasteiger partial charge in [-0.3, -0.25) is 4.79 Å². The van der Waals surface area contributed by atoms with Gasteiger partial charge in [0.1, 0.15) is 6.04 Å². The number of hydrogen-bond donors (Lipinski definition) is 4. The number of thioether (sulfide) groups is 1. The summed E-state index contributed by atoms with van der Waals surface area (Å²) in [5.41, 5.74) is 5.79. The van der Waals surface area contributed by atoms with Gasteiger partial charge in [-0.15, -0.1) is 0 Å². The van der Waals surface area contributed by atoms with Crippen molar-refractivity contribution in [3.63, 3.8) is 0 Å². The fourth-order valence-electron chi connectivity index (χ4n) is 1.79. The smallest absolute Gasteiger partial charge is 0.312 e. The van der Waals surface area contributed by atoms with Crippen LogP contribution in [-0.4, -0.2) is 41.6 Å². The average Bonchev–Trinajstić information content (AvgIpc) is 2.49. The molecule has 2 atom stereocenters. The van der Waals surface area contributed by atoms with E-state index in [1.807, 2.05) is 24.5 Å². The van der Waals surface area contributed by atoms with Gasteiger partial charge in [-0.1, -0.05) is 30.3 Å². The fraction of sp³-hybridized carbons (Fsp3) is 0.429. The first kappa shape index (κ1) is 17.3. The van der Waals surface area contributed by atoms with Gasteiger partial charge in [0.15, 0.2) is 0 Å². The van der Waals surface area contributed by atoms with E-state index >= 15 is 0 Å². The Bertz CT molecular complexity index is 456. The number of hydrogen-bond acceptors (Lipinski definition) is 4. The van der Waals surface area contributed by atoms with Crippen LogP contribution in [0.15, 0.2) is 30.3 Å². The molecule has 6 nitrogen and oxygen atoms in total. The van der Waals surface area contributed by atoms with E-state index in [-0.39, 0.29) is 12.5 Å². The summed E-state index contributed by atoms with van der Waals surface area (Å²) in [4.78, 5) is 22.9. The lowest BCUT2D eigenvalue weighted by atomic mass is 10.1. The molecule has 116 valence electrons. The third-order valence-electron chi connectivity index (χ3n) is 2.90. The van der Waals surface area contributed by atoms with Gasteiger partial charge >= 0.3 is 6.03 Å². The molecular weight excluding hydrogens is 290 g/mol. The van der Waals surface area contributed by atoms with Gasteiger partial charge in [0.05, 0.1) is 6.10 Å². The zero-order chi connectivity index (χ0) is 15.7. The molecular formula is C14H21N3O3S. The molecule has 0 saturated carbocycles. The molecule has 0 spiro atoms. The molecule has 0 bridgehead atoms. The number of amides is 3. The Balaban J connectivity index is 2.50. The Morgan fingerprint density at radius 3 is 2.57 bits per heavy atom. The van der Waals surface area contributed by atoms with Gasteiger partial charge < -0.3 is 21.5 Å². The van der Waals surface area contributed by atoms with Crippen LogP contribution >= 0.6 is 11.8 Å². The van der Waals surface area contributed by atoms with Crippen molar-refractivity contribution in [2.45, 2.75) is 18.6 Å². The molecule has 1 aromatic rings. The van der Waals surface area contributed by atoms with Crippen molar-refractivity contribution in [3.8, 4) is 0 Å². The topological polar surface area (TPSA) is 104 Å². The first-order valence-electron chi connectivity index (χ1n) is 6.60. The molecule has 0 fully saturated rings. The van der Waals surface area contributed by atoms with Crippen LogP contribution in [0.25, 0.3) is 0 Å². The molecule has 0 saturated heterocycles. The SMILES string of the molecule is CSCCC(NC(N)=O)C(=O)NCC(O)c1ccccc1. The third-order valence-corrected chi connectivity index (χ3v) is 3.54. The van der Waals surface area contributed by atoms with Crippen molar-refractivity contribution in [2.24, 2.45) is 5.73 Å². The minimum absolute atomic E-state index is 0.0824. The van der Waals surface area contributed by atoms with Crippen molar-refractivity contribution in [1.82, 2.24) is 10.6 Å². The number of carbonyl (C=O) groups is 2. The maximum atomic E-state index is 12.0. The van der Waals surface area contributed by atoms with E-state index < -0.39 is 18.2 Å². The minimum Gasteiger partial charge on any atom is -0.387 e. The molecule has 0 aliphatic rings. The molecule has 7 heteroatoms. The van der Waals surface area contributed by atoms with E-state index in [0.29, 0.717) is 6.42 Å². The zero-order valence-corrected chi connectivity index (χ0v) is 12.7. The number of urea groups is 1. The van der Waals surface area contributed by atoms with Crippen LogP contribution in [0.3, 0.4) is 0 Å². The highest BCUT2D eigenvalue weighted by Crippen LogP contribution is 2.10. The maximum Gasteiger partial charge on any atom is 0.312 e. The third kappa shape index (κ3) is 6.50. The van der Waals surface area contributed by atoms with Crippen LogP contribution in [0.1, 0.15) is 18.1 Å². The molecule has 1 aromatic carbocycles. The summed E-state index contributed by atoms with van der Waals surface area (Å²) >= 11 is 1.57. The summed E-state index contributed by atoms with van der Waals surface area (Å²) < 4.78 is 0. The number of nitrogens with one attached hydrogen (secondary N) is 2. The van der Waals surface area contributed by atoms with E-state index in [4.69, 9.17) is 5.73 Å². The zero-order valence-electron chi connectivity index (χ0n) is 11.9. The van der Waals surface area contributed by atoms with Crippen molar-refractivity contribution in [1.29, 1.82) is 0 Å². The summed E-state index contributed by atoms with van der Waals surface area (Å²) in [5.74, 6) is 0.373. The van der Waals surface area contributed by atoms with Gasteiger partial charge in [-0.2, -0.15) is 11.8 Å². The molecule has 2 unspecified atom stereocenters. The lowest BCUT2D eigenvalue weighted by Crippen LogP contribution is -2.49. The summed E-state index contributed by atoms with van der Waals surface area (Å²) in [7, 11) is 0. The second-order valence-electron chi connectivity index (χ2n) is 4.51. The van der Waals surface area contributed by atoms with E-state index in [2.05, 4.69) is 10.6 Å². The number of aliphatic hydroxyl groups excluding tert-OH is 1. The highest BCUT2D eigenvalue weighted by Gasteiger charge is 2.20. The highest BCUT2D eigenvalue weighted by molar-refractivity contribution is 7.98. The van der Waals surface area contributed by atoms with E-state index in [1.54, 1.807) is 23.9 Å². The lowest BCUT2D eigenvalue weighted by Gasteiger charge is -2.18. The lowest BCUT2D eigenvalue weighted by molar-refractivity contribution is -0.123. The van der Waals surface area contributed by atoms with Gasteiger partial charge in [0.2, 0.25) is 5.91 Å². The highest BCUT2D eigenvalue weighted by atomic mass is 32.2. The summed E-state index contributed by atoms with van der Waals surface area (Å²) in [6.07, 6.45) is 1.61. The Labute approximate surface area is 128 Å². The second kappa shape index (κ2) is 9.25. The molecule has 21 heavy (non-hydrogen) atoms. The van der Waals surface area contributed by atoms with Crippen LogP contribution in [-0.2, 0) is 4.79 Å². The number of nitrogens with two attached hydrogens (primary N) is 1. The van der Waals surface area contributed by atoms with Crippen LogP contribution in [0.5, 0.6) is 0 Å². The summed E-state index contributed by atoms with van der Waals surface area (Å²) in [5, 5.41) is 15.0. The monoisotopic (exact) mass is 311 g/mol. The van der Waals surface area contributed by atoms with Crippen molar-refractivity contribution < 1.29 is 14.7 Å². The van der Waals surface area contributed by atoms with Crippen molar-refractivity contribution >= 4 is 23.7 Å². The summed E-state index contributed by atoms with van der Waals surface area (Å²) in [6.45, 7) is 0.0824. The first-order chi connectivity index (χ1) is 10.0. The summed E-state index contributed by atoms with van der Waals surface area (Å²) in [6, 6.07) is 7.63.